The van der Waals surface area contributed by atoms with Gasteiger partial charge in [0.15, 0.2) is 5.16 Å². The Balaban J connectivity index is 1.47. The lowest BCUT2D eigenvalue weighted by Gasteiger charge is -2.36. The molecule has 1 aromatic heterocycles. The SMILES string of the molecule is Cn1ccnc1SCCN1CCN(c2cccc(Cl)c2Cl)CC1. The van der Waals surface area contributed by atoms with Crippen molar-refractivity contribution in [1.82, 2.24) is 14.5 Å². The number of imidazole rings is 1. The van der Waals surface area contributed by atoms with E-state index in [1.54, 1.807) is 11.8 Å². The van der Waals surface area contributed by atoms with E-state index in [-0.39, 0.29) is 0 Å². The molecule has 0 unspecified atom stereocenters. The number of anilines is 1. The van der Waals surface area contributed by atoms with E-state index in [9.17, 15) is 0 Å². The van der Waals surface area contributed by atoms with Crippen LogP contribution in [-0.2, 0) is 7.05 Å². The summed E-state index contributed by atoms with van der Waals surface area (Å²) in [5, 5.41) is 2.36. The summed E-state index contributed by atoms with van der Waals surface area (Å²) in [6, 6.07) is 5.83. The third-order valence-corrected chi connectivity index (χ3v) is 5.91. The first kappa shape index (κ1) is 17.0. The van der Waals surface area contributed by atoms with Crippen molar-refractivity contribution in [2.75, 3.05) is 43.4 Å². The van der Waals surface area contributed by atoms with Gasteiger partial charge in [-0.3, -0.25) is 4.90 Å². The average molecular weight is 371 g/mol. The number of aromatic nitrogens is 2. The third kappa shape index (κ3) is 4.15. The van der Waals surface area contributed by atoms with Gasteiger partial charge in [-0.05, 0) is 12.1 Å². The van der Waals surface area contributed by atoms with Crippen LogP contribution in [0.25, 0.3) is 0 Å². The first-order chi connectivity index (χ1) is 11.1. The Kier molecular flexibility index (Phi) is 5.75. The zero-order valence-electron chi connectivity index (χ0n) is 13.1. The number of benzene rings is 1. The molecular formula is C16H20Cl2N4S. The number of thioether (sulfide) groups is 1. The number of nitrogens with zero attached hydrogens (tertiary/aromatic N) is 4. The number of piperazine rings is 1. The molecule has 0 N–H and O–H groups in total. The van der Waals surface area contributed by atoms with Crippen molar-refractivity contribution in [2.45, 2.75) is 5.16 Å². The van der Waals surface area contributed by atoms with E-state index in [0.717, 1.165) is 49.3 Å². The maximum Gasteiger partial charge on any atom is 0.167 e. The van der Waals surface area contributed by atoms with Gasteiger partial charge in [-0.1, -0.05) is 41.0 Å². The van der Waals surface area contributed by atoms with E-state index >= 15 is 0 Å². The summed E-state index contributed by atoms with van der Waals surface area (Å²) in [7, 11) is 2.03. The van der Waals surface area contributed by atoms with Crippen LogP contribution in [0.3, 0.4) is 0 Å². The van der Waals surface area contributed by atoms with Crippen LogP contribution in [0.15, 0.2) is 35.7 Å². The fraction of sp³-hybridized carbons (Fsp3) is 0.438. The van der Waals surface area contributed by atoms with Gasteiger partial charge in [0.25, 0.3) is 0 Å². The highest BCUT2D eigenvalue weighted by molar-refractivity contribution is 7.99. The lowest BCUT2D eigenvalue weighted by Crippen LogP contribution is -2.47. The number of rotatable bonds is 5. The smallest absolute Gasteiger partial charge is 0.167 e. The van der Waals surface area contributed by atoms with E-state index in [0.29, 0.717) is 10.0 Å². The number of hydrogen-bond donors (Lipinski definition) is 0. The molecule has 1 saturated heterocycles. The van der Waals surface area contributed by atoms with Crippen LogP contribution in [0.4, 0.5) is 5.69 Å². The quantitative estimate of drug-likeness (QED) is 0.749. The highest BCUT2D eigenvalue weighted by atomic mass is 35.5. The molecule has 1 aliphatic heterocycles. The first-order valence-corrected chi connectivity index (χ1v) is 9.41. The monoisotopic (exact) mass is 370 g/mol. The minimum atomic E-state index is 0.623. The van der Waals surface area contributed by atoms with Crippen molar-refractivity contribution in [3.05, 3.63) is 40.6 Å². The van der Waals surface area contributed by atoms with Gasteiger partial charge < -0.3 is 9.47 Å². The summed E-state index contributed by atoms with van der Waals surface area (Å²) >= 11 is 14.2. The van der Waals surface area contributed by atoms with Gasteiger partial charge in [-0.2, -0.15) is 0 Å². The second kappa shape index (κ2) is 7.79. The first-order valence-electron chi connectivity index (χ1n) is 7.66. The Morgan fingerprint density at radius 3 is 2.65 bits per heavy atom. The molecule has 0 aliphatic carbocycles. The molecule has 1 fully saturated rings. The molecular weight excluding hydrogens is 351 g/mol. The fourth-order valence-electron chi connectivity index (χ4n) is 2.71. The summed E-state index contributed by atoms with van der Waals surface area (Å²) in [4.78, 5) is 9.15. The Bertz CT molecular complexity index is 653. The van der Waals surface area contributed by atoms with Gasteiger partial charge >= 0.3 is 0 Å². The predicted octanol–water partition coefficient (Wildman–Crippen LogP) is 3.64. The minimum absolute atomic E-state index is 0.623. The molecule has 7 heteroatoms. The molecule has 23 heavy (non-hydrogen) atoms. The molecule has 0 radical (unpaired) electrons. The van der Waals surface area contributed by atoms with Crippen molar-refractivity contribution in [2.24, 2.45) is 7.05 Å². The lowest BCUT2D eigenvalue weighted by atomic mass is 10.2. The molecule has 4 nitrogen and oxygen atoms in total. The second-order valence-electron chi connectivity index (χ2n) is 5.57. The molecule has 124 valence electrons. The Morgan fingerprint density at radius 1 is 1.17 bits per heavy atom. The van der Waals surface area contributed by atoms with Crippen molar-refractivity contribution in [3.8, 4) is 0 Å². The van der Waals surface area contributed by atoms with E-state index < -0.39 is 0 Å². The molecule has 0 amide bonds. The Hall–Kier alpha value is -0.880. The minimum Gasteiger partial charge on any atom is -0.368 e. The highest BCUT2D eigenvalue weighted by Gasteiger charge is 2.19. The zero-order chi connectivity index (χ0) is 16.2. The van der Waals surface area contributed by atoms with Gasteiger partial charge in [-0.15, -0.1) is 0 Å². The predicted molar refractivity (Wildman–Crippen MR) is 99.0 cm³/mol. The Labute approximate surface area is 151 Å². The van der Waals surface area contributed by atoms with Crippen LogP contribution >= 0.6 is 35.0 Å². The van der Waals surface area contributed by atoms with E-state index in [1.807, 2.05) is 37.6 Å². The normalized spacial score (nSPS) is 16.0. The summed E-state index contributed by atoms with van der Waals surface area (Å²) < 4.78 is 2.06. The molecule has 0 saturated carbocycles. The molecule has 1 aliphatic rings. The molecule has 2 aromatic rings. The van der Waals surface area contributed by atoms with Crippen molar-refractivity contribution in [1.29, 1.82) is 0 Å². The summed E-state index contributed by atoms with van der Waals surface area (Å²) in [6.45, 7) is 5.13. The number of aryl methyl sites for hydroxylation is 1. The van der Waals surface area contributed by atoms with Gasteiger partial charge in [0.2, 0.25) is 0 Å². The molecule has 3 rings (SSSR count). The fourth-order valence-corrected chi connectivity index (χ4v) is 4.05. The van der Waals surface area contributed by atoms with E-state index in [1.165, 1.54) is 0 Å². The zero-order valence-corrected chi connectivity index (χ0v) is 15.4. The van der Waals surface area contributed by atoms with Crippen LogP contribution in [0, 0.1) is 0 Å². The van der Waals surface area contributed by atoms with Gasteiger partial charge in [0.05, 0.1) is 15.7 Å². The Morgan fingerprint density at radius 2 is 1.96 bits per heavy atom. The van der Waals surface area contributed by atoms with Crippen molar-refractivity contribution in [3.63, 3.8) is 0 Å². The van der Waals surface area contributed by atoms with Crippen LogP contribution in [0.2, 0.25) is 10.0 Å². The standard InChI is InChI=1S/C16H20Cl2N4S/c1-20-6-5-19-16(20)23-12-11-21-7-9-22(10-8-21)14-4-2-3-13(17)15(14)18/h2-6H,7-12H2,1H3. The number of hydrogen-bond acceptors (Lipinski definition) is 4. The molecule has 2 heterocycles. The van der Waals surface area contributed by atoms with Crippen LogP contribution < -0.4 is 4.90 Å². The van der Waals surface area contributed by atoms with Crippen molar-refractivity contribution < 1.29 is 0 Å². The van der Waals surface area contributed by atoms with Crippen molar-refractivity contribution >= 4 is 40.7 Å². The van der Waals surface area contributed by atoms with Gasteiger partial charge in [-0.25, -0.2) is 4.98 Å². The lowest BCUT2D eigenvalue weighted by molar-refractivity contribution is 0.273. The summed E-state index contributed by atoms with van der Waals surface area (Å²) in [5.41, 5.74) is 1.04. The largest absolute Gasteiger partial charge is 0.368 e. The molecule has 0 bridgehead atoms. The summed E-state index contributed by atoms with van der Waals surface area (Å²) in [6.07, 6.45) is 3.83. The average Bonchev–Trinajstić information content (AvgIpc) is 2.96. The molecule has 1 aromatic carbocycles. The molecule has 0 atom stereocenters. The van der Waals surface area contributed by atoms with Crippen LogP contribution in [0.1, 0.15) is 0 Å². The maximum atomic E-state index is 6.32. The summed E-state index contributed by atoms with van der Waals surface area (Å²) in [5.74, 6) is 1.06. The van der Waals surface area contributed by atoms with Crippen LogP contribution in [0.5, 0.6) is 0 Å². The topological polar surface area (TPSA) is 24.3 Å². The number of halogens is 2. The van der Waals surface area contributed by atoms with Gasteiger partial charge in [0, 0.05) is 57.9 Å². The van der Waals surface area contributed by atoms with E-state index in [2.05, 4.69) is 19.4 Å². The highest BCUT2D eigenvalue weighted by Crippen LogP contribution is 2.32. The second-order valence-corrected chi connectivity index (χ2v) is 7.42. The van der Waals surface area contributed by atoms with E-state index in [4.69, 9.17) is 23.2 Å². The molecule has 0 spiro atoms. The van der Waals surface area contributed by atoms with Crippen LogP contribution in [-0.4, -0.2) is 52.9 Å². The van der Waals surface area contributed by atoms with Gasteiger partial charge in [0.1, 0.15) is 0 Å². The maximum absolute atomic E-state index is 6.32. The third-order valence-electron chi connectivity index (χ3n) is 4.06.